The first kappa shape index (κ1) is 32.3. The summed E-state index contributed by atoms with van der Waals surface area (Å²) in [6.07, 6.45) is -4.74. The molecule has 244 valence electrons. The fourth-order valence-corrected chi connectivity index (χ4v) is 5.13. The summed E-state index contributed by atoms with van der Waals surface area (Å²) in [5.74, 6) is -1.70. The average Bonchev–Trinajstić information content (AvgIpc) is 3.24. The number of hydrogen-bond donors (Lipinski definition) is 0. The van der Waals surface area contributed by atoms with Crippen molar-refractivity contribution in [1.82, 2.24) is 0 Å². The van der Waals surface area contributed by atoms with Crippen LogP contribution in [0.1, 0.15) is 34.1 Å². The lowest BCUT2D eigenvalue weighted by Gasteiger charge is -2.43. The Labute approximate surface area is 262 Å². The molecule has 2 aromatic carbocycles. The first-order valence-corrected chi connectivity index (χ1v) is 14.4. The second-order valence-corrected chi connectivity index (χ2v) is 10.5. The van der Waals surface area contributed by atoms with Crippen LogP contribution >= 0.6 is 0 Å². The Morgan fingerprint density at radius 2 is 1.46 bits per heavy atom. The van der Waals surface area contributed by atoms with Crippen molar-refractivity contribution >= 4 is 34.8 Å². The highest BCUT2D eigenvalue weighted by atomic mass is 16.7. The van der Waals surface area contributed by atoms with Crippen LogP contribution in [0.5, 0.6) is 17.2 Å². The summed E-state index contributed by atoms with van der Waals surface area (Å²) >= 11 is 0. The lowest BCUT2D eigenvalue weighted by molar-refractivity contribution is -0.288. The van der Waals surface area contributed by atoms with Crippen molar-refractivity contribution < 1.29 is 61.5 Å². The molecule has 5 atom stereocenters. The molecule has 0 N–H and O–H groups in total. The van der Waals surface area contributed by atoms with Crippen LogP contribution in [0, 0.1) is 0 Å². The molecule has 2 aliphatic rings. The highest BCUT2D eigenvalue weighted by Gasteiger charge is 2.53. The summed E-state index contributed by atoms with van der Waals surface area (Å²) < 4.78 is 50.6. The van der Waals surface area contributed by atoms with Crippen LogP contribution in [0.4, 0.5) is 0 Å². The van der Waals surface area contributed by atoms with E-state index in [1.165, 1.54) is 31.4 Å². The maximum atomic E-state index is 13.5. The van der Waals surface area contributed by atoms with Crippen molar-refractivity contribution in [2.24, 2.45) is 0 Å². The molecule has 5 rings (SSSR count). The molecule has 46 heavy (non-hydrogen) atoms. The zero-order valence-corrected chi connectivity index (χ0v) is 25.5. The number of carbonyl (C=O) groups is 4. The monoisotopic (exact) mass is 640 g/mol. The number of esters is 4. The van der Waals surface area contributed by atoms with Crippen molar-refractivity contribution in [1.29, 1.82) is 0 Å². The number of hydrogen-bond acceptors (Lipinski definition) is 14. The molecule has 3 aromatic rings. The number of benzene rings is 2. The van der Waals surface area contributed by atoms with E-state index in [0.29, 0.717) is 35.8 Å². The Bertz CT molecular complexity index is 1690. The van der Waals surface area contributed by atoms with E-state index in [2.05, 4.69) is 0 Å². The summed E-state index contributed by atoms with van der Waals surface area (Å²) in [4.78, 5) is 61.2. The maximum absolute atomic E-state index is 13.5. The molecule has 0 aliphatic carbocycles. The Balaban J connectivity index is 1.46. The summed E-state index contributed by atoms with van der Waals surface area (Å²) in [5, 5.41) is 0.249. The van der Waals surface area contributed by atoms with Crippen molar-refractivity contribution in [2.75, 3.05) is 19.8 Å². The fraction of sp³-hybridized carbons (Fsp3) is 0.406. The molecule has 0 bridgehead atoms. The van der Waals surface area contributed by atoms with Gasteiger partial charge in [-0.25, -0.2) is 0 Å². The van der Waals surface area contributed by atoms with E-state index in [1.807, 2.05) is 0 Å². The predicted octanol–water partition coefficient (Wildman–Crippen LogP) is 3.08. The zero-order valence-electron chi connectivity index (χ0n) is 25.5. The van der Waals surface area contributed by atoms with E-state index < -0.39 is 61.2 Å². The predicted molar refractivity (Wildman–Crippen MR) is 156 cm³/mol. The second kappa shape index (κ2) is 13.9. The minimum atomic E-state index is -1.45. The van der Waals surface area contributed by atoms with Gasteiger partial charge in [0.05, 0.1) is 24.2 Å². The van der Waals surface area contributed by atoms with E-state index in [4.69, 9.17) is 42.3 Å². The average molecular weight is 641 g/mol. The Morgan fingerprint density at radius 1 is 0.783 bits per heavy atom. The molecule has 0 unspecified atom stereocenters. The topological polar surface area (TPSA) is 172 Å². The SMILES string of the molecule is CC(=O)OC[C@H]1O[C@@H](Oc2ccc3c(=O)c(-c4ccc5c(c4)OCCCO5)coc3c2)[C@@H](OC(C)=O)[C@H](OC(C)=O)[C@H]1OC(C)=O. The summed E-state index contributed by atoms with van der Waals surface area (Å²) in [6.45, 7) is 5.16. The summed E-state index contributed by atoms with van der Waals surface area (Å²) in [6, 6.07) is 9.61. The minimum Gasteiger partial charge on any atom is -0.490 e. The number of carbonyl (C=O) groups excluding carboxylic acids is 4. The second-order valence-electron chi connectivity index (χ2n) is 10.5. The van der Waals surface area contributed by atoms with Crippen LogP contribution in [0.15, 0.2) is 51.9 Å². The van der Waals surface area contributed by atoms with Gasteiger partial charge in [0.2, 0.25) is 12.4 Å². The van der Waals surface area contributed by atoms with E-state index >= 15 is 0 Å². The van der Waals surface area contributed by atoms with Gasteiger partial charge in [-0.1, -0.05) is 6.07 Å². The lowest BCUT2D eigenvalue weighted by atomic mass is 9.98. The van der Waals surface area contributed by atoms with E-state index in [1.54, 1.807) is 18.2 Å². The van der Waals surface area contributed by atoms with Gasteiger partial charge < -0.3 is 42.3 Å². The molecule has 14 nitrogen and oxygen atoms in total. The molecule has 2 aliphatic heterocycles. The Kier molecular flexibility index (Phi) is 9.75. The molecule has 0 amide bonds. The van der Waals surface area contributed by atoms with Crippen LogP contribution < -0.4 is 19.6 Å². The van der Waals surface area contributed by atoms with Gasteiger partial charge in [0.25, 0.3) is 0 Å². The third-order valence-corrected chi connectivity index (χ3v) is 7.01. The van der Waals surface area contributed by atoms with Crippen LogP contribution in [0.2, 0.25) is 0 Å². The highest BCUT2D eigenvalue weighted by molar-refractivity contribution is 5.83. The number of rotatable bonds is 8. The molecule has 0 radical (unpaired) electrons. The Hall–Kier alpha value is -5.11. The largest absolute Gasteiger partial charge is 0.490 e. The minimum absolute atomic E-state index is 0.125. The van der Waals surface area contributed by atoms with Crippen LogP contribution in [0.3, 0.4) is 0 Å². The van der Waals surface area contributed by atoms with Crippen molar-refractivity contribution in [3.8, 4) is 28.4 Å². The van der Waals surface area contributed by atoms with E-state index in [9.17, 15) is 24.0 Å². The third-order valence-electron chi connectivity index (χ3n) is 7.01. The van der Waals surface area contributed by atoms with Gasteiger partial charge in [-0.05, 0) is 29.8 Å². The van der Waals surface area contributed by atoms with Gasteiger partial charge in [0, 0.05) is 40.2 Å². The normalized spacial score (nSPS) is 22.2. The standard InChI is InChI=1S/C32H32O14/c1-16(33)40-15-27-29(42-17(2)34)30(43-18(3)35)31(44-19(4)36)32(46-27)45-21-7-8-22-25(13-21)41-14-23(28(22)37)20-6-9-24-26(12-20)39-11-5-10-38-24/h6-9,12-14,27,29-32H,5,10-11,15H2,1-4H3/t27-,29+,30-,31+,32-/m1/s1. The van der Waals surface area contributed by atoms with Gasteiger partial charge in [-0.2, -0.15) is 0 Å². The van der Waals surface area contributed by atoms with Crippen molar-refractivity contribution in [3.63, 3.8) is 0 Å². The molecule has 0 spiro atoms. The molecular formula is C32H32O14. The molecule has 0 saturated carbocycles. The molecule has 14 heteroatoms. The Morgan fingerprint density at radius 3 is 2.15 bits per heavy atom. The zero-order chi connectivity index (χ0) is 33.0. The van der Waals surface area contributed by atoms with Gasteiger partial charge in [0.1, 0.15) is 30.3 Å². The van der Waals surface area contributed by atoms with Crippen molar-refractivity contribution in [3.05, 3.63) is 52.9 Å². The lowest BCUT2D eigenvalue weighted by Crippen LogP contribution is -2.63. The van der Waals surface area contributed by atoms with Crippen LogP contribution in [0.25, 0.3) is 22.1 Å². The van der Waals surface area contributed by atoms with E-state index in [-0.39, 0.29) is 22.1 Å². The van der Waals surface area contributed by atoms with Gasteiger partial charge >= 0.3 is 23.9 Å². The highest BCUT2D eigenvalue weighted by Crippen LogP contribution is 2.35. The van der Waals surface area contributed by atoms with Crippen molar-refractivity contribution in [2.45, 2.75) is 64.8 Å². The molecule has 1 aromatic heterocycles. The molecule has 1 saturated heterocycles. The fourth-order valence-electron chi connectivity index (χ4n) is 5.13. The quantitative estimate of drug-likeness (QED) is 0.260. The summed E-state index contributed by atoms with van der Waals surface area (Å²) in [7, 11) is 0. The third kappa shape index (κ3) is 7.40. The molecule has 3 heterocycles. The first-order valence-electron chi connectivity index (χ1n) is 14.4. The van der Waals surface area contributed by atoms with Gasteiger partial charge in [0.15, 0.2) is 29.1 Å². The van der Waals surface area contributed by atoms with Gasteiger partial charge in [-0.15, -0.1) is 0 Å². The number of ether oxygens (including phenoxy) is 8. The van der Waals surface area contributed by atoms with Crippen LogP contribution in [-0.4, -0.2) is 74.4 Å². The smallest absolute Gasteiger partial charge is 0.303 e. The number of fused-ring (bicyclic) bond motifs is 2. The summed E-state index contributed by atoms with van der Waals surface area (Å²) in [5.41, 5.74) is 0.745. The molecule has 1 fully saturated rings. The van der Waals surface area contributed by atoms with Gasteiger partial charge in [-0.3, -0.25) is 24.0 Å². The first-order chi connectivity index (χ1) is 22.0. The van der Waals surface area contributed by atoms with Crippen LogP contribution in [-0.2, 0) is 42.9 Å². The van der Waals surface area contributed by atoms with E-state index in [0.717, 1.165) is 27.2 Å². The maximum Gasteiger partial charge on any atom is 0.303 e. The molecular weight excluding hydrogens is 608 g/mol.